The van der Waals surface area contributed by atoms with Crippen molar-refractivity contribution in [1.29, 1.82) is 0 Å². The molecule has 6 heterocycles. The molecule has 0 bridgehead atoms. The Hall–Kier alpha value is -3.63. The number of hydrogen-bond donors (Lipinski definition) is 0. The predicted octanol–water partition coefficient (Wildman–Crippen LogP) is 3.00. The van der Waals surface area contributed by atoms with Gasteiger partial charge >= 0.3 is 0 Å². The van der Waals surface area contributed by atoms with E-state index in [1.54, 1.807) is 4.52 Å². The molecule has 0 aliphatic carbocycles. The maximum absolute atomic E-state index is 6.43. The van der Waals surface area contributed by atoms with Crippen LogP contribution < -0.4 is 9.64 Å². The molecule has 2 aliphatic heterocycles. The summed E-state index contributed by atoms with van der Waals surface area (Å²) in [6.07, 6.45) is 4.86. The average molecular weight is 501 g/mol. The zero-order valence-corrected chi connectivity index (χ0v) is 21.6. The minimum Gasteiger partial charge on any atom is -0.485 e. The summed E-state index contributed by atoms with van der Waals surface area (Å²) in [6.45, 7) is 11.9. The van der Waals surface area contributed by atoms with Crippen molar-refractivity contribution in [3.8, 4) is 16.9 Å². The minimum absolute atomic E-state index is 0.0611. The molecular formula is C27H32N8O2. The van der Waals surface area contributed by atoms with Crippen LogP contribution in [0.25, 0.3) is 16.9 Å². The second-order valence-corrected chi connectivity index (χ2v) is 9.79. The number of hydrogen-bond acceptors (Lipinski definition) is 9. The van der Waals surface area contributed by atoms with Gasteiger partial charge in [0.1, 0.15) is 17.7 Å². The van der Waals surface area contributed by atoms with E-state index in [-0.39, 0.29) is 6.10 Å². The third kappa shape index (κ3) is 4.99. The van der Waals surface area contributed by atoms with Gasteiger partial charge < -0.3 is 14.4 Å². The molecule has 0 aromatic carbocycles. The first-order valence-corrected chi connectivity index (χ1v) is 12.9. The van der Waals surface area contributed by atoms with Gasteiger partial charge in [0.2, 0.25) is 0 Å². The lowest BCUT2D eigenvalue weighted by Crippen LogP contribution is -2.35. The van der Waals surface area contributed by atoms with Gasteiger partial charge in [-0.2, -0.15) is 9.50 Å². The lowest BCUT2D eigenvalue weighted by molar-refractivity contribution is 0.0336. The predicted molar refractivity (Wildman–Crippen MR) is 140 cm³/mol. The number of aromatic nitrogens is 6. The Morgan fingerprint density at radius 1 is 0.946 bits per heavy atom. The molecule has 2 aliphatic rings. The average Bonchev–Trinajstić information content (AvgIpc) is 3.54. The van der Waals surface area contributed by atoms with Crippen LogP contribution >= 0.6 is 0 Å². The smallest absolute Gasteiger partial charge is 0.253 e. The van der Waals surface area contributed by atoms with Crippen molar-refractivity contribution in [1.82, 2.24) is 34.4 Å². The van der Waals surface area contributed by atoms with Crippen LogP contribution in [-0.2, 0) is 11.3 Å². The molecule has 6 rings (SSSR count). The van der Waals surface area contributed by atoms with Gasteiger partial charge in [-0.25, -0.2) is 9.97 Å². The molecular weight excluding hydrogens is 468 g/mol. The number of morpholine rings is 1. The summed E-state index contributed by atoms with van der Waals surface area (Å²) in [7, 11) is 0. The number of aryl methyl sites for hydroxylation is 3. The summed E-state index contributed by atoms with van der Waals surface area (Å²) in [5, 5.41) is 4.45. The third-order valence-corrected chi connectivity index (χ3v) is 7.09. The van der Waals surface area contributed by atoms with E-state index >= 15 is 0 Å². The van der Waals surface area contributed by atoms with E-state index in [0.717, 1.165) is 92.1 Å². The van der Waals surface area contributed by atoms with Crippen molar-refractivity contribution in [2.75, 3.05) is 44.3 Å². The Morgan fingerprint density at radius 3 is 2.46 bits per heavy atom. The number of rotatable bonds is 6. The fraction of sp³-hybridized carbons (Fsp3) is 0.444. The summed E-state index contributed by atoms with van der Waals surface area (Å²) in [6, 6.07) is 8.44. The zero-order valence-electron chi connectivity index (χ0n) is 21.6. The van der Waals surface area contributed by atoms with Gasteiger partial charge in [0.25, 0.3) is 5.78 Å². The molecule has 0 amide bonds. The quantitative estimate of drug-likeness (QED) is 0.396. The van der Waals surface area contributed by atoms with Crippen LogP contribution in [0.15, 0.2) is 36.7 Å². The maximum atomic E-state index is 6.43. The molecule has 1 unspecified atom stereocenters. The van der Waals surface area contributed by atoms with E-state index in [2.05, 4.69) is 54.1 Å². The summed E-state index contributed by atoms with van der Waals surface area (Å²) in [5.41, 5.74) is 4.98. The first kappa shape index (κ1) is 23.7. The monoisotopic (exact) mass is 500 g/mol. The molecule has 0 saturated carbocycles. The molecule has 10 heteroatoms. The molecule has 10 nitrogen and oxygen atoms in total. The second kappa shape index (κ2) is 10.0. The summed E-state index contributed by atoms with van der Waals surface area (Å²) >= 11 is 0. The molecule has 2 fully saturated rings. The SMILES string of the molecule is Cc1nc2nc(C)c(OC3CCN(c4ccc(-c5ccc(CN6CCOCC6)nc5)cn4)C3)c(C)n2n1. The molecule has 2 saturated heterocycles. The molecule has 1 atom stereocenters. The van der Waals surface area contributed by atoms with E-state index in [1.807, 2.05) is 33.2 Å². The van der Waals surface area contributed by atoms with Gasteiger partial charge in [-0.15, -0.1) is 5.10 Å². The van der Waals surface area contributed by atoms with Crippen LogP contribution in [0.4, 0.5) is 5.82 Å². The van der Waals surface area contributed by atoms with Crippen LogP contribution in [0.1, 0.15) is 29.3 Å². The Bertz CT molecular complexity index is 1380. The van der Waals surface area contributed by atoms with Crippen LogP contribution in [-0.4, -0.2) is 79.9 Å². The van der Waals surface area contributed by atoms with Crippen molar-refractivity contribution >= 4 is 11.6 Å². The molecule has 4 aromatic rings. The third-order valence-electron chi connectivity index (χ3n) is 7.09. The van der Waals surface area contributed by atoms with Crippen molar-refractivity contribution in [2.45, 2.75) is 39.8 Å². The lowest BCUT2D eigenvalue weighted by atomic mass is 10.1. The molecule has 4 aromatic heterocycles. The summed E-state index contributed by atoms with van der Waals surface area (Å²) < 4.78 is 13.6. The number of ether oxygens (including phenoxy) is 2. The van der Waals surface area contributed by atoms with E-state index in [1.165, 1.54) is 0 Å². The first-order chi connectivity index (χ1) is 18.0. The Labute approximate surface area is 216 Å². The van der Waals surface area contributed by atoms with Crippen molar-refractivity contribution < 1.29 is 9.47 Å². The molecule has 0 radical (unpaired) electrons. The van der Waals surface area contributed by atoms with E-state index in [4.69, 9.17) is 14.5 Å². The molecule has 0 spiro atoms. The van der Waals surface area contributed by atoms with Gasteiger partial charge in [-0.05, 0) is 39.0 Å². The second-order valence-electron chi connectivity index (χ2n) is 9.79. The summed E-state index contributed by atoms with van der Waals surface area (Å²) in [5.74, 6) is 3.06. The first-order valence-electron chi connectivity index (χ1n) is 12.9. The lowest BCUT2D eigenvalue weighted by Gasteiger charge is -2.26. The van der Waals surface area contributed by atoms with Crippen LogP contribution in [0.5, 0.6) is 5.75 Å². The van der Waals surface area contributed by atoms with Gasteiger partial charge in [0.15, 0.2) is 5.75 Å². The van der Waals surface area contributed by atoms with Crippen molar-refractivity contribution in [3.05, 3.63) is 59.6 Å². The fourth-order valence-corrected chi connectivity index (χ4v) is 5.05. The van der Waals surface area contributed by atoms with Crippen molar-refractivity contribution in [2.24, 2.45) is 0 Å². The number of anilines is 1. The molecule has 0 N–H and O–H groups in total. The Balaban J connectivity index is 1.09. The standard InChI is InChI=1S/C27H32N8O2/c1-18-26(19(2)35-27(30-18)31-20(3)32-35)37-24-8-9-34(17-24)25-7-5-22(15-29-25)21-4-6-23(28-14-21)16-33-10-12-36-13-11-33/h4-7,14-15,24H,8-13,16-17H2,1-3H3. The van der Waals surface area contributed by atoms with Crippen LogP contribution in [0.3, 0.4) is 0 Å². The minimum atomic E-state index is 0.0611. The van der Waals surface area contributed by atoms with Crippen LogP contribution in [0.2, 0.25) is 0 Å². The van der Waals surface area contributed by atoms with Crippen LogP contribution in [0, 0.1) is 20.8 Å². The topological polar surface area (TPSA) is 93.8 Å². The Kier molecular flexibility index (Phi) is 6.43. The summed E-state index contributed by atoms with van der Waals surface area (Å²) in [4.78, 5) is 23.0. The normalized spacial score (nSPS) is 18.6. The van der Waals surface area contributed by atoms with E-state index in [9.17, 15) is 0 Å². The fourth-order valence-electron chi connectivity index (χ4n) is 5.05. The zero-order chi connectivity index (χ0) is 25.4. The van der Waals surface area contributed by atoms with E-state index in [0.29, 0.717) is 11.6 Å². The highest BCUT2D eigenvalue weighted by Gasteiger charge is 2.27. The van der Waals surface area contributed by atoms with Gasteiger partial charge in [-0.1, -0.05) is 6.07 Å². The van der Waals surface area contributed by atoms with Gasteiger partial charge in [0.05, 0.1) is 36.8 Å². The maximum Gasteiger partial charge on any atom is 0.253 e. The van der Waals surface area contributed by atoms with Gasteiger partial charge in [0, 0.05) is 56.1 Å². The van der Waals surface area contributed by atoms with Crippen molar-refractivity contribution in [3.63, 3.8) is 0 Å². The highest BCUT2D eigenvalue weighted by Crippen LogP contribution is 2.28. The number of fused-ring (bicyclic) bond motifs is 1. The largest absolute Gasteiger partial charge is 0.485 e. The number of nitrogens with zero attached hydrogens (tertiary/aromatic N) is 8. The van der Waals surface area contributed by atoms with E-state index < -0.39 is 0 Å². The highest BCUT2D eigenvalue weighted by atomic mass is 16.5. The van der Waals surface area contributed by atoms with Gasteiger partial charge in [-0.3, -0.25) is 9.88 Å². The molecule has 37 heavy (non-hydrogen) atoms. The molecule has 192 valence electrons. The number of pyridine rings is 2. The Morgan fingerprint density at radius 2 is 1.73 bits per heavy atom. The highest BCUT2D eigenvalue weighted by molar-refractivity contribution is 5.63.